The van der Waals surface area contributed by atoms with E-state index in [4.69, 9.17) is 15.2 Å². The Bertz CT molecular complexity index is 611. The third-order valence-corrected chi connectivity index (χ3v) is 3.11. The second-order valence-electron chi connectivity index (χ2n) is 4.56. The fourth-order valence-corrected chi connectivity index (χ4v) is 2.16. The molecule has 0 bridgehead atoms. The number of ether oxygens (including phenoxy) is 2. The van der Waals surface area contributed by atoms with Crippen LogP contribution in [0.15, 0.2) is 66.6 Å². The summed E-state index contributed by atoms with van der Waals surface area (Å²) in [7, 11) is 0. The Morgan fingerprint density at radius 1 is 1.05 bits per heavy atom. The molecule has 4 nitrogen and oxygen atoms in total. The molecule has 3 rings (SSSR count). The Morgan fingerprint density at radius 2 is 1.90 bits per heavy atom. The number of rotatable bonds is 4. The summed E-state index contributed by atoms with van der Waals surface area (Å²) in [6.07, 6.45) is 1.65. The molecule has 0 fully saturated rings. The number of benzene rings is 2. The maximum Gasteiger partial charge on any atom is 0.229 e. The number of anilines is 2. The van der Waals surface area contributed by atoms with Crippen LogP contribution in [0.3, 0.4) is 0 Å². The summed E-state index contributed by atoms with van der Waals surface area (Å²) in [4.78, 5) is 0. The van der Waals surface area contributed by atoms with E-state index in [0.29, 0.717) is 0 Å². The van der Waals surface area contributed by atoms with Gasteiger partial charge in [0.1, 0.15) is 12.3 Å². The topological polar surface area (TPSA) is 56.5 Å². The summed E-state index contributed by atoms with van der Waals surface area (Å²) < 4.78 is 10.7. The SMILES string of the molecule is Nc1cccc(NC(C2=COCO2)c2ccccc2)c1. The summed E-state index contributed by atoms with van der Waals surface area (Å²) in [6.45, 7) is 0.261. The van der Waals surface area contributed by atoms with Gasteiger partial charge in [-0.05, 0) is 23.8 Å². The lowest BCUT2D eigenvalue weighted by Gasteiger charge is -2.20. The molecular weight excluding hydrogens is 252 g/mol. The number of hydrogen-bond acceptors (Lipinski definition) is 4. The van der Waals surface area contributed by atoms with Gasteiger partial charge < -0.3 is 20.5 Å². The average molecular weight is 268 g/mol. The third-order valence-electron chi connectivity index (χ3n) is 3.11. The van der Waals surface area contributed by atoms with Crippen molar-refractivity contribution in [3.8, 4) is 0 Å². The molecule has 2 aromatic carbocycles. The van der Waals surface area contributed by atoms with E-state index >= 15 is 0 Å². The van der Waals surface area contributed by atoms with E-state index in [-0.39, 0.29) is 12.8 Å². The summed E-state index contributed by atoms with van der Waals surface area (Å²) in [5.41, 5.74) is 8.58. The fourth-order valence-electron chi connectivity index (χ4n) is 2.16. The summed E-state index contributed by atoms with van der Waals surface area (Å²) in [6, 6.07) is 17.6. The van der Waals surface area contributed by atoms with Gasteiger partial charge >= 0.3 is 0 Å². The van der Waals surface area contributed by atoms with Crippen LogP contribution in [-0.2, 0) is 9.47 Å². The van der Waals surface area contributed by atoms with Crippen molar-refractivity contribution in [3.63, 3.8) is 0 Å². The first-order valence-electron chi connectivity index (χ1n) is 6.44. The molecule has 1 unspecified atom stereocenters. The van der Waals surface area contributed by atoms with Crippen LogP contribution in [0.2, 0.25) is 0 Å². The van der Waals surface area contributed by atoms with Crippen molar-refractivity contribution >= 4 is 11.4 Å². The molecule has 0 saturated carbocycles. The zero-order valence-corrected chi connectivity index (χ0v) is 11.0. The predicted octanol–water partition coefficient (Wildman–Crippen LogP) is 3.27. The first-order valence-corrected chi connectivity index (χ1v) is 6.44. The zero-order valence-electron chi connectivity index (χ0n) is 11.0. The van der Waals surface area contributed by atoms with Gasteiger partial charge in [0.05, 0.1) is 0 Å². The summed E-state index contributed by atoms with van der Waals surface area (Å²) in [5, 5.41) is 3.42. The molecule has 0 aromatic heterocycles. The van der Waals surface area contributed by atoms with E-state index in [1.165, 1.54) is 0 Å². The first kappa shape index (κ1) is 12.4. The number of nitrogens with one attached hydrogen (secondary N) is 1. The minimum Gasteiger partial charge on any atom is -0.462 e. The van der Waals surface area contributed by atoms with E-state index < -0.39 is 0 Å². The lowest BCUT2D eigenvalue weighted by atomic mass is 10.0. The maximum atomic E-state index is 5.82. The third kappa shape index (κ3) is 2.69. The second kappa shape index (κ2) is 5.57. The smallest absolute Gasteiger partial charge is 0.229 e. The summed E-state index contributed by atoms with van der Waals surface area (Å²) in [5.74, 6) is 0.763. The Kier molecular flexibility index (Phi) is 3.46. The molecule has 0 amide bonds. The first-order chi connectivity index (χ1) is 9.83. The molecule has 2 aromatic rings. The van der Waals surface area contributed by atoms with E-state index in [2.05, 4.69) is 5.32 Å². The van der Waals surface area contributed by atoms with Crippen LogP contribution in [0.25, 0.3) is 0 Å². The van der Waals surface area contributed by atoms with E-state index in [1.807, 2.05) is 54.6 Å². The van der Waals surface area contributed by atoms with Gasteiger partial charge in [-0.1, -0.05) is 36.4 Å². The molecular formula is C16H16N2O2. The van der Waals surface area contributed by atoms with Gasteiger partial charge in [-0.15, -0.1) is 0 Å². The number of nitrogens with two attached hydrogens (primary N) is 1. The molecule has 0 saturated heterocycles. The maximum absolute atomic E-state index is 5.82. The monoisotopic (exact) mass is 268 g/mol. The van der Waals surface area contributed by atoms with Crippen LogP contribution >= 0.6 is 0 Å². The van der Waals surface area contributed by atoms with Crippen LogP contribution in [0.4, 0.5) is 11.4 Å². The Hall–Kier alpha value is -2.62. The van der Waals surface area contributed by atoms with Crippen LogP contribution in [0, 0.1) is 0 Å². The molecule has 0 radical (unpaired) electrons. The van der Waals surface area contributed by atoms with E-state index in [1.54, 1.807) is 6.26 Å². The number of nitrogen functional groups attached to an aromatic ring is 1. The van der Waals surface area contributed by atoms with Crippen LogP contribution in [0.5, 0.6) is 0 Å². The van der Waals surface area contributed by atoms with Crippen molar-refractivity contribution in [3.05, 3.63) is 72.2 Å². The van der Waals surface area contributed by atoms with E-state index in [9.17, 15) is 0 Å². The Balaban J connectivity index is 1.90. The van der Waals surface area contributed by atoms with Gasteiger partial charge in [-0.25, -0.2) is 0 Å². The van der Waals surface area contributed by atoms with Gasteiger partial charge in [0.25, 0.3) is 0 Å². The van der Waals surface area contributed by atoms with Crippen LogP contribution < -0.4 is 11.1 Å². The summed E-state index contributed by atoms with van der Waals surface area (Å²) >= 11 is 0. The molecule has 0 aliphatic carbocycles. The molecule has 102 valence electrons. The molecule has 1 heterocycles. The Morgan fingerprint density at radius 3 is 2.60 bits per heavy atom. The van der Waals surface area contributed by atoms with Crippen molar-refractivity contribution in [2.75, 3.05) is 17.8 Å². The molecule has 1 aliphatic heterocycles. The average Bonchev–Trinajstić information content (AvgIpc) is 3.00. The Labute approximate surface area is 117 Å². The highest BCUT2D eigenvalue weighted by molar-refractivity contribution is 5.56. The van der Waals surface area contributed by atoms with Gasteiger partial charge in [-0.3, -0.25) is 0 Å². The molecule has 1 aliphatic rings. The number of hydrogen-bond donors (Lipinski definition) is 2. The van der Waals surface area contributed by atoms with Crippen molar-refractivity contribution in [1.82, 2.24) is 0 Å². The van der Waals surface area contributed by atoms with Crippen molar-refractivity contribution in [1.29, 1.82) is 0 Å². The molecule has 20 heavy (non-hydrogen) atoms. The highest BCUT2D eigenvalue weighted by Crippen LogP contribution is 2.29. The molecule has 1 atom stereocenters. The van der Waals surface area contributed by atoms with Crippen LogP contribution in [0.1, 0.15) is 11.6 Å². The van der Waals surface area contributed by atoms with Gasteiger partial charge in [0.15, 0.2) is 5.76 Å². The highest BCUT2D eigenvalue weighted by Gasteiger charge is 2.21. The molecule has 4 heteroatoms. The van der Waals surface area contributed by atoms with E-state index in [0.717, 1.165) is 22.7 Å². The normalized spacial score (nSPS) is 14.9. The second-order valence-corrected chi connectivity index (χ2v) is 4.56. The molecule has 0 spiro atoms. The lowest BCUT2D eigenvalue weighted by molar-refractivity contribution is 0.0764. The minimum atomic E-state index is -0.0968. The van der Waals surface area contributed by atoms with Crippen LogP contribution in [-0.4, -0.2) is 6.79 Å². The fraction of sp³-hybridized carbons (Fsp3) is 0.125. The van der Waals surface area contributed by atoms with Gasteiger partial charge in [0, 0.05) is 11.4 Å². The van der Waals surface area contributed by atoms with Crippen molar-refractivity contribution in [2.45, 2.75) is 6.04 Å². The van der Waals surface area contributed by atoms with Gasteiger partial charge in [-0.2, -0.15) is 0 Å². The minimum absolute atomic E-state index is 0.0968. The standard InChI is InChI=1S/C16H16N2O2/c17-13-7-4-8-14(9-13)18-16(15-10-19-11-20-15)12-5-2-1-3-6-12/h1-10,16,18H,11,17H2. The van der Waals surface area contributed by atoms with Crippen molar-refractivity contribution < 1.29 is 9.47 Å². The highest BCUT2D eigenvalue weighted by atomic mass is 16.7. The molecule has 3 N–H and O–H groups in total. The zero-order chi connectivity index (χ0) is 13.8. The van der Waals surface area contributed by atoms with Crippen molar-refractivity contribution in [2.24, 2.45) is 0 Å². The largest absolute Gasteiger partial charge is 0.462 e. The quantitative estimate of drug-likeness (QED) is 0.836. The lowest BCUT2D eigenvalue weighted by Crippen LogP contribution is -2.14. The predicted molar refractivity (Wildman–Crippen MR) is 78.8 cm³/mol. The van der Waals surface area contributed by atoms with Gasteiger partial charge in [0.2, 0.25) is 6.79 Å².